The van der Waals surface area contributed by atoms with Gasteiger partial charge in [0.1, 0.15) is 5.84 Å². The van der Waals surface area contributed by atoms with Gasteiger partial charge in [0.25, 0.3) is 10.0 Å². The van der Waals surface area contributed by atoms with E-state index in [1.165, 1.54) is 12.1 Å². The van der Waals surface area contributed by atoms with Crippen LogP contribution >= 0.6 is 0 Å². The largest absolute Gasteiger partial charge is 0.383 e. The van der Waals surface area contributed by atoms with Crippen molar-refractivity contribution in [2.24, 2.45) is 15.1 Å². The number of hydrogen-bond donors (Lipinski definition) is 1. The van der Waals surface area contributed by atoms with Crippen LogP contribution in [0.5, 0.6) is 0 Å². The number of benzene rings is 3. The fourth-order valence-electron chi connectivity index (χ4n) is 2.27. The van der Waals surface area contributed by atoms with Crippen molar-refractivity contribution in [1.82, 2.24) is 0 Å². The van der Waals surface area contributed by atoms with Crippen LogP contribution in [0.25, 0.3) is 0 Å². The van der Waals surface area contributed by atoms with Gasteiger partial charge in [-0.25, -0.2) is 4.99 Å². The molecule has 3 rings (SSSR count). The zero-order valence-electron chi connectivity index (χ0n) is 13.9. The lowest BCUT2D eigenvalue weighted by Crippen LogP contribution is -2.17. The normalized spacial score (nSPS) is 12.8. The van der Waals surface area contributed by atoms with Crippen molar-refractivity contribution in [2.45, 2.75) is 4.90 Å². The molecule has 0 atom stereocenters. The van der Waals surface area contributed by atoms with Gasteiger partial charge in [0, 0.05) is 11.1 Å². The highest BCUT2D eigenvalue weighted by molar-refractivity contribution is 7.90. The first-order valence-electron chi connectivity index (χ1n) is 7.91. The molecule has 0 aromatic heterocycles. The zero-order valence-corrected chi connectivity index (χ0v) is 14.7. The second kappa shape index (κ2) is 7.76. The van der Waals surface area contributed by atoms with E-state index in [0.29, 0.717) is 11.1 Å². The Labute approximate surface area is 152 Å². The molecule has 0 fully saturated rings. The molecule has 0 spiro atoms. The van der Waals surface area contributed by atoms with Gasteiger partial charge in [-0.2, -0.15) is 8.42 Å². The molecule has 0 aliphatic rings. The number of hydrogen-bond acceptors (Lipinski definition) is 2. The summed E-state index contributed by atoms with van der Waals surface area (Å²) in [6, 6.07) is 26.0. The summed E-state index contributed by atoms with van der Waals surface area (Å²) in [5.74, 6) is 0.229. The predicted molar refractivity (Wildman–Crippen MR) is 104 cm³/mol. The maximum Gasteiger partial charge on any atom is 0.284 e. The molecule has 0 saturated heterocycles. The Kier molecular flexibility index (Phi) is 5.24. The van der Waals surface area contributed by atoms with Crippen LogP contribution in [0, 0.1) is 0 Å². The SMILES string of the molecule is NC(=N/C(=N\S(=O)(=O)c1ccccc1)c1ccccc1)c1ccccc1. The quantitative estimate of drug-likeness (QED) is 0.570. The molecular weight excluding hydrogens is 346 g/mol. The molecule has 6 heteroatoms. The minimum atomic E-state index is -3.91. The summed E-state index contributed by atoms with van der Waals surface area (Å²) >= 11 is 0. The van der Waals surface area contributed by atoms with Crippen LogP contribution in [0.2, 0.25) is 0 Å². The monoisotopic (exact) mass is 363 g/mol. The van der Waals surface area contributed by atoms with Gasteiger partial charge in [-0.15, -0.1) is 4.40 Å². The van der Waals surface area contributed by atoms with E-state index in [0.717, 1.165) is 0 Å². The predicted octanol–water partition coefficient (Wildman–Crippen LogP) is 3.23. The molecule has 0 aliphatic heterocycles. The van der Waals surface area contributed by atoms with Crippen LogP contribution in [0.1, 0.15) is 11.1 Å². The fourth-order valence-corrected chi connectivity index (χ4v) is 3.25. The number of aliphatic imine (C=N–C) groups is 1. The number of nitrogens with zero attached hydrogens (tertiary/aromatic N) is 2. The first kappa shape index (κ1) is 17.6. The second-order valence-electron chi connectivity index (χ2n) is 5.43. The maximum atomic E-state index is 12.6. The van der Waals surface area contributed by atoms with Gasteiger partial charge in [0.2, 0.25) is 0 Å². The van der Waals surface area contributed by atoms with Crippen molar-refractivity contribution in [3.8, 4) is 0 Å². The number of nitrogens with two attached hydrogens (primary N) is 1. The lowest BCUT2D eigenvalue weighted by Gasteiger charge is -2.05. The molecule has 0 saturated carbocycles. The van der Waals surface area contributed by atoms with E-state index < -0.39 is 10.0 Å². The van der Waals surface area contributed by atoms with Crippen molar-refractivity contribution in [1.29, 1.82) is 0 Å². The minimum absolute atomic E-state index is 0.0378. The summed E-state index contributed by atoms with van der Waals surface area (Å²) < 4.78 is 29.2. The highest BCUT2D eigenvalue weighted by Gasteiger charge is 2.15. The standard InChI is InChI=1S/C20H17N3O2S/c21-19(16-10-4-1-5-11-16)22-20(17-12-6-2-7-13-17)23-26(24,25)18-14-8-3-9-15-18/h1-15H,(H2,21,22,23). The Hall–Kier alpha value is -3.25. The molecule has 0 heterocycles. The topological polar surface area (TPSA) is 84.9 Å². The number of sulfonamides is 1. The zero-order chi connectivity index (χ0) is 18.4. The summed E-state index contributed by atoms with van der Waals surface area (Å²) in [4.78, 5) is 4.39. The van der Waals surface area contributed by atoms with Gasteiger partial charge in [0.15, 0.2) is 5.84 Å². The van der Waals surface area contributed by atoms with Gasteiger partial charge in [-0.1, -0.05) is 78.9 Å². The van der Waals surface area contributed by atoms with Crippen molar-refractivity contribution in [2.75, 3.05) is 0 Å². The van der Waals surface area contributed by atoms with Crippen molar-refractivity contribution < 1.29 is 8.42 Å². The Morgan fingerprint density at radius 1 is 0.692 bits per heavy atom. The van der Waals surface area contributed by atoms with Crippen LogP contribution in [-0.2, 0) is 10.0 Å². The average molecular weight is 363 g/mol. The molecule has 5 nitrogen and oxygen atoms in total. The van der Waals surface area contributed by atoms with E-state index in [4.69, 9.17) is 5.73 Å². The van der Waals surface area contributed by atoms with E-state index in [1.807, 2.05) is 24.3 Å². The van der Waals surface area contributed by atoms with Crippen LogP contribution in [0.3, 0.4) is 0 Å². The Bertz CT molecular complexity index is 1030. The lowest BCUT2D eigenvalue weighted by molar-refractivity contribution is 0.598. The summed E-state index contributed by atoms with van der Waals surface area (Å²) in [6.07, 6.45) is 0. The smallest absolute Gasteiger partial charge is 0.284 e. The van der Waals surface area contributed by atoms with Crippen LogP contribution in [0.4, 0.5) is 0 Å². The molecule has 0 bridgehead atoms. The van der Waals surface area contributed by atoms with E-state index in [-0.39, 0.29) is 16.6 Å². The summed E-state index contributed by atoms with van der Waals surface area (Å²) in [5.41, 5.74) is 7.31. The van der Waals surface area contributed by atoms with Gasteiger partial charge in [-0.3, -0.25) is 0 Å². The third-order valence-corrected chi connectivity index (χ3v) is 4.86. The Balaban J connectivity index is 2.11. The third kappa shape index (κ3) is 4.23. The van der Waals surface area contributed by atoms with Crippen LogP contribution < -0.4 is 5.73 Å². The van der Waals surface area contributed by atoms with E-state index in [9.17, 15) is 8.42 Å². The minimum Gasteiger partial charge on any atom is -0.383 e. The Morgan fingerprint density at radius 3 is 1.69 bits per heavy atom. The second-order valence-corrected chi connectivity index (χ2v) is 7.04. The summed E-state index contributed by atoms with van der Waals surface area (Å²) in [7, 11) is -3.91. The van der Waals surface area contributed by atoms with Gasteiger partial charge >= 0.3 is 0 Å². The maximum absolute atomic E-state index is 12.6. The van der Waals surface area contributed by atoms with Crippen molar-refractivity contribution in [3.63, 3.8) is 0 Å². The Morgan fingerprint density at radius 2 is 1.15 bits per heavy atom. The number of rotatable bonds is 4. The molecule has 2 N–H and O–H groups in total. The van der Waals surface area contributed by atoms with Crippen LogP contribution in [-0.4, -0.2) is 20.1 Å². The van der Waals surface area contributed by atoms with Crippen molar-refractivity contribution in [3.05, 3.63) is 102 Å². The molecule has 0 amide bonds. The van der Waals surface area contributed by atoms with E-state index in [1.54, 1.807) is 54.6 Å². The average Bonchev–Trinajstić information content (AvgIpc) is 2.69. The molecule has 3 aromatic carbocycles. The van der Waals surface area contributed by atoms with Gasteiger partial charge in [-0.05, 0) is 12.1 Å². The van der Waals surface area contributed by atoms with Gasteiger partial charge < -0.3 is 5.73 Å². The van der Waals surface area contributed by atoms with E-state index in [2.05, 4.69) is 9.39 Å². The molecular formula is C20H17N3O2S. The molecule has 130 valence electrons. The van der Waals surface area contributed by atoms with Gasteiger partial charge in [0.05, 0.1) is 4.90 Å². The highest BCUT2D eigenvalue weighted by atomic mass is 32.2. The highest BCUT2D eigenvalue weighted by Crippen LogP contribution is 2.14. The van der Waals surface area contributed by atoms with E-state index >= 15 is 0 Å². The molecule has 0 unspecified atom stereocenters. The first-order chi connectivity index (χ1) is 12.6. The molecule has 0 aliphatic carbocycles. The third-order valence-electron chi connectivity index (χ3n) is 3.58. The molecule has 26 heavy (non-hydrogen) atoms. The molecule has 3 aromatic rings. The number of amidine groups is 2. The summed E-state index contributed by atoms with van der Waals surface area (Å²) in [5, 5.41) is 0. The lowest BCUT2D eigenvalue weighted by atomic mass is 10.2. The van der Waals surface area contributed by atoms with Crippen LogP contribution in [0.15, 0.2) is 105 Å². The summed E-state index contributed by atoms with van der Waals surface area (Å²) in [6.45, 7) is 0. The molecule has 0 radical (unpaired) electrons. The van der Waals surface area contributed by atoms with Crippen molar-refractivity contribution >= 4 is 21.7 Å². The first-order valence-corrected chi connectivity index (χ1v) is 9.35. The fraction of sp³-hybridized carbons (Fsp3) is 0.